The van der Waals surface area contributed by atoms with Crippen LogP contribution in [0.4, 0.5) is 5.95 Å². The fourth-order valence-corrected chi connectivity index (χ4v) is 3.62. The molecule has 1 amide bonds. The summed E-state index contributed by atoms with van der Waals surface area (Å²) in [7, 11) is 0. The van der Waals surface area contributed by atoms with Crippen molar-refractivity contribution < 1.29 is 4.79 Å². The van der Waals surface area contributed by atoms with Gasteiger partial charge < -0.3 is 4.98 Å². The van der Waals surface area contributed by atoms with E-state index in [1.54, 1.807) is 29.6 Å². The third kappa shape index (κ3) is 3.55. The van der Waals surface area contributed by atoms with Gasteiger partial charge in [-0.15, -0.1) is 10.2 Å². The van der Waals surface area contributed by atoms with Crippen LogP contribution in [0.5, 0.6) is 0 Å². The second-order valence-corrected chi connectivity index (χ2v) is 7.41. The van der Waals surface area contributed by atoms with E-state index in [4.69, 9.17) is 11.6 Å². The van der Waals surface area contributed by atoms with Gasteiger partial charge >= 0.3 is 0 Å². The normalized spacial score (nSPS) is 20.1. The van der Waals surface area contributed by atoms with Crippen molar-refractivity contribution in [2.24, 2.45) is 5.41 Å². The maximum absolute atomic E-state index is 13.2. The molecule has 1 fully saturated rings. The highest BCUT2D eigenvalue weighted by atomic mass is 35.5. The van der Waals surface area contributed by atoms with Crippen molar-refractivity contribution in [3.63, 3.8) is 0 Å². The monoisotopic (exact) mass is 382 g/mol. The van der Waals surface area contributed by atoms with Crippen LogP contribution in [0.15, 0.2) is 42.9 Å². The number of amides is 1. The standard InChI is InChI=1S/C19H19ClN6O/c1-19(11-13-3-4-15(20)22-12-13)7-2-10-26(17(19)27)18-23-16(24-25-18)14-5-8-21-9-6-14/h3-6,8-9,12H,2,7,10-11H2,1H3,(H,23,24,25). The zero-order valence-electron chi connectivity index (χ0n) is 14.9. The van der Waals surface area contributed by atoms with E-state index in [9.17, 15) is 4.79 Å². The average molecular weight is 383 g/mol. The van der Waals surface area contributed by atoms with Crippen LogP contribution in [0.25, 0.3) is 11.4 Å². The summed E-state index contributed by atoms with van der Waals surface area (Å²) in [6.07, 6.45) is 7.44. The van der Waals surface area contributed by atoms with E-state index in [0.717, 1.165) is 24.0 Å². The number of carbonyl (C=O) groups excluding carboxylic acids is 1. The number of rotatable bonds is 4. The summed E-state index contributed by atoms with van der Waals surface area (Å²) in [5.74, 6) is 1.14. The Bertz CT molecular complexity index is 942. The summed E-state index contributed by atoms with van der Waals surface area (Å²) >= 11 is 5.86. The third-order valence-electron chi connectivity index (χ3n) is 4.94. The van der Waals surface area contributed by atoms with Gasteiger partial charge in [-0.05, 0) is 43.0 Å². The first kappa shape index (κ1) is 17.6. The highest BCUT2D eigenvalue weighted by Crippen LogP contribution is 2.36. The number of H-pyrrole nitrogens is 1. The second kappa shape index (κ2) is 7.08. The van der Waals surface area contributed by atoms with Crippen LogP contribution in [-0.2, 0) is 11.2 Å². The zero-order chi connectivity index (χ0) is 18.9. The van der Waals surface area contributed by atoms with Gasteiger partial charge in [0.2, 0.25) is 11.9 Å². The van der Waals surface area contributed by atoms with Crippen molar-refractivity contribution >= 4 is 23.5 Å². The Kier molecular flexibility index (Phi) is 4.61. The highest BCUT2D eigenvalue weighted by molar-refractivity contribution is 6.29. The summed E-state index contributed by atoms with van der Waals surface area (Å²) in [4.78, 5) is 26.2. The van der Waals surface area contributed by atoms with Gasteiger partial charge in [0.25, 0.3) is 0 Å². The highest BCUT2D eigenvalue weighted by Gasteiger charge is 2.41. The molecule has 3 aromatic heterocycles. The number of piperidine rings is 1. The minimum Gasteiger partial charge on any atom is -0.307 e. The van der Waals surface area contributed by atoms with Crippen molar-refractivity contribution in [1.29, 1.82) is 0 Å². The Morgan fingerprint density at radius 3 is 2.78 bits per heavy atom. The summed E-state index contributed by atoms with van der Waals surface area (Å²) in [6, 6.07) is 7.37. The Morgan fingerprint density at radius 2 is 2.04 bits per heavy atom. The van der Waals surface area contributed by atoms with E-state index in [1.807, 2.05) is 25.1 Å². The molecular formula is C19H19ClN6O. The first-order chi connectivity index (χ1) is 13.0. The quantitative estimate of drug-likeness (QED) is 0.699. The topological polar surface area (TPSA) is 87.7 Å². The van der Waals surface area contributed by atoms with E-state index >= 15 is 0 Å². The molecule has 1 aliphatic heterocycles. The first-order valence-electron chi connectivity index (χ1n) is 8.81. The Morgan fingerprint density at radius 1 is 1.22 bits per heavy atom. The fourth-order valence-electron chi connectivity index (χ4n) is 3.50. The van der Waals surface area contributed by atoms with Crippen molar-refractivity contribution in [1.82, 2.24) is 25.1 Å². The number of pyridine rings is 2. The first-order valence-corrected chi connectivity index (χ1v) is 9.18. The number of halogens is 1. The minimum absolute atomic E-state index is 0.0427. The van der Waals surface area contributed by atoms with Gasteiger partial charge in [-0.2, -0.15) is 0 Å². The SMILES string of the molecule is CC1(Cc2ccc(Cl)nc2)CCCN(c2nnc(-c3ccncc3)[nH]2)C1=O. The molecule has 27 heavy (non-hydrogen) atoms. The van der Waals surface area contributed by atoms with Gasteiger partial charge in [-0.1, -0.05) is 24.6 Å². The van der Waals surface area contributed by atoms with Crippen molar-refractivity contribution in [3.8, 4) is 11.4 Å². The smallest absolute Gasteiger partial charge is 0.235 e. The maximum atomic E-state index is 13.2. The Balaban J connectivity index is 1.56. The number of nitrogens with zero attached hydrogens (tertiary/aromatic N) is 5. The molecule has 0 bridgehead atoms. The van der Waals surface area contributed by atoms with Crippen LogP contribution >= 0.6 is 11.6 Å². The van der Waals surface area contributed by atoms with Gasteiger partial charge in [0.15, 0.2) is 5.82 Å². The predicted molar refractivity (Wildman–Crippen MR) is 102 cm³/mol. The summed E-state index contributed by atoms with van der Waals surface area (Å²) in [6.45, 7) is 2.62. The maximum Gasteiger partial charge on any atom is 0.235 e. The molecule has 3 aromatic rings. The summed E-state index contributed by atoms with van der Waals surface area (Å²) in [5, 5.41) is 8.84. The molecule has 8 heteroatoms. The van der Waals surface area contributed by atoms with Crippen LogP contribution in [0.1, 0.15) is 25.3 Å². The van der Waals surface area contributed by atoms with Crippen molar-refractivity contribution in [2.45, 2.75) is 26.2 Å². The largest absolute Gasteiger partial charge is 0.307 e. The number of hydrogen-bond donors (Lipinski definition) is 1. The Hall–Kier alpha value is -2.80. The number of aromatic amines is 1. The van der Waals surface area contributed by atoms with E-state index < -0.39 is 5.41 Å². The molecule has 1 aliphatic rings. The summed E-state index contributed by atoms with van der Waals surface area (Å²) < 4.78 is 0. The fraction of sp³-hybridized carbons (Fsp3) is 0.316. The molecule has 138 valence electrons. The zero-order valence-corrected chi connectivity index (χ0v) is 15.6. The molecule has 7 nitrogen and oxygen atoms in total. The van der Waals surface area contributed by atoms with E-state index in [1.165, 1.54) is 0 Å². The number of nitrogens with one attached hydrogen (secondary N) is 1. The number of carbonyl (C=O) groups is 1. The molecule has 0 aliphatic carbocycles. The van der Waals surface area contributed by atoms with Crippen LogP contribution in [0.3, 0.4) is 0 Å². The lowest BCUT2D eigenvalue weighted by Gasteiger charge is -2.38. The average Bonchev–Trinajstić information content (AvgIpc) is 3.17. The van der Waals surface area contributed by atoms with Crippen molar-refractivity contribution in [3.05, 3.63) is 53.6 Å². The third-order valence-corrected chi connectivity index (χ3v) is 5.16. The van der Waals surface area contributed by atoms with Crippen LogP contribution in [0.2, 0.25) is 5.15 Å². The molecule has 1 saturated heterocycles. The van der Waals surface area contributed by atoms with Crippen molar-refractivity contribution in [2.75, 3.05) is 11.4 Å². The number of aromatic nitrogens is 5. The lowest BCUT2D eigenvalue weighted by molar-refractivity contribution is -0.129. The lowest BCUT2D eigenvalue weighted by atomic mass is 9.76. The number of hydrogen-bond acceptors (Lipinski definition) is 5. The minimum atomic E-state index is -0.516. The molecule has 4 heterocycles. The summed E-state index contributed by atoms with van der Waals surface area (Å²) in [5.41, 5.74) is 1.35. The van der Waals surface area contributed by atoms with Crippen LogP contribution in [-0.4, -0.2) is 37.6 Å². The molecule has 1 atom stereocenters. The van der Waals surface area contributed by atoms with Gasteiger partial charge in [0, 0.05) is 30.7 Å². The molecule has 1 unspecified atom stereocenters. The van der Waals surface area contributed by atoms with Crippen LogP contribution in [0, 0.1) is 5.41 Å². The van der Waals surface area contributed by atoms with Crippen LogP contribution < -0.4 is 4.90 Å². The van der Waals surface area contributed by atoms with Gasteiger partial charge in [-0.3, -0.25) is 14.7 Å². The molecule has 4 rings (SSSR count). The van der Waals surface area contributed by atoms with E-state index in [2.05, 4.69) is 25.1 Å². The van der Waals surface area contributed by atoms with Gasteiger partial charge in [0.05, 0.1) is 5.41 Å². The molecule has 0 saturated carbocycles. The molecule has 0 aromatic carbocycles. The van der Waals surface area contributed by atoms with Gasteiger partial charge in [0.1, 0.15) is 5.15 Å². The second-order valence-electron chi connectivity index (χ2n) is 7.02. The molecule has 1 N–H and O–H groups in total. The number of anilines is 1. The Labute approximate surface area is 161 Å². The predicted octanol–water partition coefficient (Wildman–Crippen LogP) is 3.29. The molecule has 0 spiro atoms. The lowest BCUT2D eigenvalue weighted by Crippen LogP contribution is -2.49. The van der Waals surface area contributed by atoms with Gasteiger partial charge in [-0.25, -0.2) is 4.98 Å². The van der Waals surface area contributed by atoms with E-state index in [0.29, 0.717) is 29.9 Å². The molecule has 0 radical (unpaired) electrons. The van der Waals surface area contributed by atoms with E-state index in [-0.39, 0.29) is 5.91 Å². The molecular weight excluding hydrogens is 364 g/mol.